The number of nitrogens with zero attached hydrogens (tertiary/aromatic N) is 1. The Hall–Kier alpha value is -0.500. The van der Waals surface area contributed by atoms with Crippen molar-refractivity contribution in [1.29, 1.82) is 0 Å². The molecule has 3 N–H and O–H groups in total. The Kier molecular flexibility index (Phi) is 55.8. The van der Waals surface area contributed by atoms with Crippen LogP contribution in [0.4, 0.5) is 0 Å². The normalized spacial score (nSPS) is 13.7. The zero-order valence-electron chi connectivity index (χ0n) is 50.2. The summed E-state index contributed by atoms with van der Waals surface area (Å²) in [7, 11) is 1.64. The number of rotatable bonds is 62. The number of carbonyl (C=O) groups excluding carboxylic acids is 1. The molecule has 438 valence electrons. The summed E-state index contributed by atoms with van der Waals surface area (Å²) in [5.74, 6) is -0.134. The van der Waals surface area contributed by atoms with Crippen LogP contribution in [-0.2, 0) is 18.4 Å². The fourth-order valence-electron chi connectivity index (χ4n) is 10.5. The lowest BCUT2D eigenvalue weighted by Gasteiger charge is -2.26. The largest absolute Gasteiger partial charge is 0.472 e. The first-order valence-corrected chi connectivity index (χ1v) is 34.4. The summed E-state index contributed by atoms with van der Waals surface area (Å²) in [6, 6.07) is -0.756. The lowest BCUT2D eigenvalue weighted by molar-refractivity contribution is -0.870. The van der Waals surface area contributed by atoms with E-state index >= 15 is 0 Å². The second-order valence-corrected chi connectivity index (χ2v) is 25.7. The van der Waals surface area contributed by atoms with E-state index in [2.05, 4.69) is 19.2 Å². The second-order valence-electron chi connectivity index (χ2n) is 24.2. The van der Waals surface area contributed by atoms with Crippen LogP contribution in [-0.4, -0.2) is 73.4 Å². The van der Waals surface area contributed by atoms with Crippen molar-refractivity contribution >= 4 is 13.7 Å². The van der Waals surface area contributed by atoms with Crippen LogP contribution in [0.25, 0.3) is 0 Å². The average molecular weight is 1060 g/mol. The van der Waals surface area contributed by atoms with Gasteiger partial charge in [-0.3, -0.25) is 13.8 Å². The van der Waals surface area contributed by atoms with E-state index in [-0.39, 0.29) is 19.1 Å². The van der Waals surface area contributed by atoms with Gasteiger partial charge in [-0.2, -0.15) is 0 Å². The summed E-state index contributed by atoms with van der Waals surface area (Å²) in [5, 5.41) is 14.1. The van der Waals surface area contributed by atoms with E-state index in [9.17, 15) is 19.4 Å². The van der Waals surface area contributed by atoms with Gasteiger partial charge in [0.05, 0.1) is 39.9 Å². The van der Waals surface area contributed by atoms with Crippen molar-refractivity contribution in [2.75, 3.05) is 40.9 Å². The highest BCUT2D eigenvalue weighted by molar-refractivity contribution is 7.47. The van der Waals surface area contributed by atoms with Gasteiger partial charge in [0.15, 0.2) is 0 Å². The number of aliphatic hydroxyl groups is 1. The summed E-state index contributed by atoms with van der Waals surface area (Å²) in [6.45, 7) is 4.96. The van der Waals surface area contributed by atoms with Crippen LogP contribution < -0.4 is 5.32 Å². The Morgan fingerprint density at radius 1 is 0.411 bits per heavy atom. The molecule has 3 atom stereocenters. The minimum Gasteiger partial charge on any atom is -0.391 e. The lowest BCUT2D eigenvalue weighted by Crippen LogP contribution is -2.46. The van der Waals surface area contributed by atoms with Crippen molar-refractivity contribution < 1.29 is 32.9 Å². The average Bonchev–Trinajstić information content (AvgIpc) is 3.35. The molecular formula is C64H132N2O6P+. The number of phosphoric acid groups is 1. The van der Waals surface area contributed by atoms with Gasteiger partial charge in [0, 0.05) is 6.42 Å². The third-order valence-electron chi connectivity index (χ3n) is 15.6. The molecule has 0 fully saturated rings. The van der Waals surface area contributed by atoms with E-state index in [0.717, 1.165) is 38.5 Å². The quantitative estimate of drug-likeness (QED) is 0.0318. The minimum absolute atomic E-state index is 0.0794. The first-order chi connectivity index (χ1) is 35.5. The number of nitrogens with one attached hydrogen (secondary N) is 1. The van der Waals surface area contributed by atoms with Crippen molar-refractivity contribution in [2.24, 2.45) is 0 Å². The molecule has 0 aliphatic heterocycles. The number of likely N-dealkylation sites (N-methyl/N-ethyl adjacent to an activating group) is 1. The van der Waals surface area contributed by atoms with Gasteiger partial charge in [-0.1, -0.05) is 335 Å². The number of amides is 1. The Balaban J connectivity index is 4.01. The van der Waals surface area contributed by atoms with Crippen molar-refractivity contribution in [2.45, 2.75) is 366 Å². The molecule has 73 heavy (non-hydrogen) atoms. The highest BCUT2D eigenvalue weighted by atomic mass is 31.2. The highest BCUT2D eigenvalue weighted by Crippen LogP contribution is 2.43. The van der Waals surface area contributed by atoms with Gasteiger partial charge < -0.3 is 19.8 Å². The molecule has 0 saturated carbocycles. The number of quaternary nitrogens is 1. The van der Waals surface area contributed by atoms with Crippen LogP contribution in [0.15, 0.2) is 0 Å². The highest BCUT2D eigenvalue weighted by Gasteiger charge is 2.28. The molecule has 1 amide bonds. The van der Waals surface area contributed by atoms with Crippen LogP contribution in [0, 0.1) is 0 Å². The second kappa shape index (κ2) is 56.2. The van der Waals surface area contributed by atoms with Crippen LogP contribution in [0.3, 0.4) is 0 Å². The third-order valence-corrected chi connectivity index (χ3v) is 16.6. The van der Waals surface area contributed by atoms with Crippen molar-refractivity contribution in [3.05, 3.63) is 0 Å². The van der Waals surface area contributed by atoms with Gasteiger partial charge in [0.2, 0.25) is 5.91 Å². The molecule has 0 bridgehead atoms. The Morgan fingerprint density at radius 2 is 0.658 bits per heavy atom. The van der Waals surface area contributed by atoms with E-state index in [1.807, 2.05) is 21.1 Å². The van der Waals surface area contributed by atoms with E-state index in [0.29, 0.717) is 23.9 Å². The standard InChI is InChI=1S/C64H131N2O6P/c1-6-8-10-12-14-16-18-20-22-24-26-28-30-31-32-33-34-35-36-38-40-42-44-46-48-50-52-54-56-58-64(68)65-62(61-72-73(69,70)71-60-59-66(3,4)5)63(67)57-55-53-51-49-47-45-43-41-39-37-29-27-25-23-21-19-17-15-13-11-9-7-2/h62-63,67H,6-61H2,1-5H3,(H-,65,68,69,70)/p+1. The Labute approximate surface area is 457 Å². The number of aliphatic hydroxyl groups excluding tert-OH is 1. The molecule has 0 aromatic carbocycles. The molecule has 0 saturated heterocycles. The van der Waals surface area contributed by atoms with E-state index in [1.165, 1.54) is 289 Å². The summed E-state index contributed by atoms with van der Waals surface area (Å²) in [6.07, 6.45) is 69.0. The topological polar surface area (TPSA) is 105 Å². The maximum absolute atomic E-state index is 13.0. The van der Waals surface area contributed by atoms with E-state index in [1.54, 1.807) is 0 Å². The molecule has 3 unspecified atom stereocenters. The molecular weight excluding hydrogens is 924 g/mol. The molecule has 8 nitrogen and oxygen atoms in total. The SMILES string of the molecule is CCCCCCCCCCCCCCCCCCCCCCCCCCCCCCCC(=O)NC(COP(=O)(O)OCC[N+](C)(C)C)C(O)CCCCCCCCCCCCCCCCCCCCCCCC. The maximum Gasteiger partial charge on any atom is 0.472 e. The predicted molar refractivity (Wildman–Crippen MR) is 319 cm³/mol. The molecule has 0 heterocycles. The zero-order chi connectivity index (χ0) is 53.5. The molecule has 9 heteroatoms. The van der Waals surface area contributed by atoms with Gasteiger partial charge in [-0.25, -0.2) is 4.57 Å². The molecule has 0 aliphatic carbocycles. The molecule has 0 aromatic heterocycles. The number of unbranched alkanes of at least 4 members (excludes halogenated alkanes) is 49. The molecule has 0 radical (unpaired) electrons. The first-order valence-electron chi connectivity index (χ1n) is 32.9. The maximum atomic E-state index is 13.0. The first kappa shape index (κ1) is 72.5. The Morgan fingerprint density at radius 3 is 0.918 bits per heavy atom. The fraction of sp³-hybridized carbons (Fsp3) is 0.984. The van der Waals surface area contributed by atoms with Crippen LogP contribution in [0.5, 0.6) is 0 Å². The van der Waals surface area contributed by atoms with Crippen molar-refractivity contribution in [1.82, 2.24) is 5.32 Å². The number of hydrogen-bond donors (Lipinski definition) is 3. The molecule has 0 spiro atoms. The molecule has 0 aromatic rings. The molecule has 0 aliphatic rings. The molecule has 0 rings (SSSR count). The number of phosphoric ester groups is 1. The van der Waals surface area contributed by atoms with Gasteiger partial charge in [-0.05, 0) is 12.8 Å². The monoisotopic (exact) mass is 1060 g/mol. The Bertz CT molecular complexity index is 1150. The lowest BCUT2D eigenvalue weighted by atomic mass is 10.0. The van der Waals surface area contributed by atoms with E-state index in [4.69, 9.17) is 9.05 Å². The number of carbonyl (C=O) groups is 1. The summed E-state index contributed by atoms with van der Waals surface area (Å²) in [5.41, 5.74) is 0. The van der Waals surface area contributed by atoms with Gasteiger partial charge in [0.25, 0.3) is 0 Å². The summed E-state index contributed by atoms with van der Waals surface area (Å²) < 4.78 is 23.9. The van der Waals surface area contributed by atoms with Gasteiger partial charge >= 0.3 is 7.82 Å². The summed E-state index contributed by atoms with van der Waals surface area (Å²) >= 11 is 0. The zero-order valence-corrected chi connectivity index (χ0v) is 51.1. The van der Waals surface area contributed by atoms with Gasteiger partial charge in [-0.15, -0.1) is 0 Å². The van der Waals surface area contributed by atoms with Gasteiger partial charge in [0.1, 0.15) is 13.2 Å². The van der Waals surface area contributed by atoms with Crippen molar-refractivity contribution in [3.8, 4) is 0 Å². The van der Waals surface area contributed by atoms with Crippen LogP contribution in [0.1, 0.15) is 354 Å². The van der Waals surface area contributed by atoms with Crippen LogP contribution >= 0.6 is 7.82 Å². The van der Waals surface area contributed by atoms with Crippen molar-refractivity contribution in [3.63, 3.8) is 0 Å². The third kappa shape index (κ3) is 59.0. The smallest absolute Gasteiger partial charge is 0.391 e. The summed E-state index contributed by atoms with van der Waals surface area (Å²) in [4.78, 5) is 23.4. The predicted octanol–water partition coefficient (Wildman–Crippen LogP) is 20.4. The van der Waals surface area contributed by atoms with E-state index < -0.39 is 20.0 Å². The minimum atomic E-state index is -4.32. The fourth-order valence-corrected chi connectivity index (χ4v) is 11.2. The number of hydrogen-bond acceptors (Lipinski definition) is 5. The van der Waals surface area contributed by atoms with Crippen LogP contribution in [0.2, 0.25) is 0 Å².